The van der Waals surface area contributed by atoms with Gasteiger partial charge in [-0.2, -0.15) is 0 Å². The van der Waals surface area contributed by atoms with Gasteiger partial charge < -0.3 is 24.5 Å². The van der Waals surface area contributed by atoms with Gasteiger partial charge in [-0.1, -0.05) is 6.92 Å². The van der Waals surface area contributed by atoms with E-state index in [2.05, 4.69) is 20.9 Å². The molecule has 156 valence electrons. The molecule has 8 nitrogen and oxygen atoms in total. The number of halogens is 1. The zero-order valence-electron chi connectivity index (χ0n) is 17.1. The van der Waals surface area contributed by atoms with Gasteiger partial charge in [0.2, 0.25) is 11.8 Å². The van der Waals surface area contributed by atoms with Crippen molar-refractivity contribution in [2.24, 2.45) is 5.92 Å². The molecular weight excluding hydrogens is 428 g/mol. The number of carbonyl (C=O) groups excluding carboxylic acids is 2. The predicted octanol–water partition coefficient (Wildman–Crippen LogP) is 1.08. The average Bonchev–Trinajstić information content (AvgIpc) is 2.63. The summed E-state index contributed by atoms with van der Waals surface area (Å²) in [7, 11) is 5.44. The first kappa shape index (κ1) is 22.6. The number of carbonyl (C=O) groups is 2. The second-order valence-electron chi connectivity index (χ2n) is 7.64. The number of hydrogen-bond acceptors (Lipinski definition) is 6. The molecule has 1 aliphatic rings. The molecule has 1 aromatic heterocycles. The van der Waals surface area contributed by atoms with Crippen LogP contribution in [-0.4, -0.2) is 96.1 Å². The van der Waals surface area contributed by atoms with Crippen LogP contribution in [0.1, 0.15) is 24.2 Å². The molecule has 0 aliphatic carbocycles. The molecule has 28 heavy (non-hydrogen) atoms. The molecular formula is C19H29BrN4O4. The molecule has 0 spiro atoms. The Morgan fingerprint density at radius 2 is 2.14 bits per heavy atom. The Morgan fingerprint density at radius 1 is 1.46 bits per heavy atom. The Morgan fingerprint density at radius 3 is 2.75 bits per heavy atom. The number of aliphatic hydroxyl groups is 1. The van der Waals surface area contributed by atoms with Crippen molar-refractivity contribution in [3.63, 3.8) is 0 Å². The molecule has 3 atom stereocenters. The summed E-state index contributed by atoms with van der Waals surface area (Å²) in [6, 6.07) is 1.34. The third kappa shape index (κ3) is 5.42. The SMILES string of the molecule is C[C@@H]1CN([C@@H](C)CO)C(=O)c2cc(Br)cnc2O[C@@H]1CN(C)C(=O)CN(C)C. The van der Waals surface area contributed by atoms with Crippen LogP contribution < -0.4 is 4.74 Å². The van der Waals surface area contributed by atoms with Gasteiger partial charge in [0, 0.05) is 30.2 Å². The van der Waals surface area contributed by atoms with Gasteiger partial charge in [-0.3, -0.25) is 9.59 Å². The van der Waals surface area contributed by atoms with E-state index in [9.17, 15) is 14.7 Å². The Balaban J connectivity index is 2.34. The number of rotatable bonds is 6. The van der Waals surface area contributed by atoms with Crippen molar-refractivity contribution in [1.29, 1.82) is 0 Å². The first-order valence-corrected chi connectivity index (χ1v) is 10.1. The molecule has 0 radical (unpaired) electrons. The van der Waals surface area contributed by atoms with Gasteiger partial charge in [-0.15, -0.1) is 0 Å². The van der Waals surface area contributed by atoms with Crippen molar-refractivity contribution in [1.82, 2.24) is 19.7 Å². The Kier molecular flexibility index (Phi) is 7.79. The van der Waals surface area contributed by atoms with Gasteiger partial charge in [-0.25, -0.2) is 4.98 Å². The lowest BCUT2D eigenvalue weighted by molar-refractivity contribution is -0.132. The van der Waals surface area contributed by atoms with Gasteiger partial charge >= 0.3 is 0 Å². The number of likely N-dealkylation sites (N-methyl/N-ethyl adjacent to an activating group) is 2. The van der Waals surface area contributed by atoms with Crippen molar-refractivity contribution in [3.05, 3.63) is 22.3 Å². The highest BCUT2D eigenvalue weighted by molar-refractivity contribution is 9.10. The van der Waals surface area contributed by atoms with Crippen LogP contribution in [-0.2, 0) is 4.79 Å². The van der Waals surface area contributed by atoms with Gasteiger partial charge in [0.15, 0.2) is 0 Å². The second kappa shape index (κ2) is 9.67. The van der Waals surface area contributed by atoms with E-state index in [0.29, 0.717) is 29.7 Å². The summed E-state index contributed by atoms with van der Waals surface area (Å²) >= 11 is 3.35. The van der Waals surface area contributed by atoms with E-state index >= 15 is 0 Å². The maximum absolute atomic E-state index is 13.0. The van der Waals surface area contributed by atoms with Crippen LogP contribution in [0.5, 0.6) is 5.88 Å². The maximum atomic E-state index is 13.0. The van der Waals surface area contributed by atoms with Crippen LogP contribution in [0.3, 0.4) is 0 Å². The lowest BCUT2D eigenvalue weighted by Crippen LogP contribution is -2.51. The van der Waals surface area contributed by atoms with Crippen LogP contribution in [0.15, 0.2) is 16.7 Å². The van der Waals surface area contributed by atoms with Crippen molar-refractivity contribution >= 4 is 27.7 Å². The number of ether oxygens (including phenoxy) is 1. The molecule has 2 heterocycles. The number of pyridine rings is 1. The smallest absolute Gasteiger partial charge is 0.259 e. The molecule has 0 aromatic carbocycles. The van der Waals surface area contributed by atoms with E-state index in [1.165, 1.54) is 0 Å². The van der Waals surface area contributed by atoms with E-state index in [4.69, 9.17) is 4.74 Å². The molecule has 1 aliphatic heterocycles. The first-order chi connectivity index (χ1) is 13.1. The van der Waals surface area contributed by atoms with E-state index < -0.39 is 0 Å². The van der Waals surface area contributed by atoms with Crippen LogP contribution in [0.2, 0.25) is 0 Å². The van der Waals surface area contributed by atoms with Crippen molar-refractivity contribution in [3.8, 4) is 5.88 Å². The fraction of sp³-hybridized carbons (Fsp3) is 0.632. The van der Waals surface area contributed by atoms with E-state index in [1.807, 2.05) is 25.9 Å². The number of aromatic nitrogens is 1. The minimum Gasteiger partial charge on any atom is -0.472 e. The summed E-state index contributed by atoms with van der Waals surface area (Å²) < 4.78 is 6.78. The molecule has 0 unspecified atom stereocenters. The molecule has 0 bridgehead atoms. The lowest BCUT2D eigenvalue weighted by atomic mass is 10.00. The second-order valence-corrected chi connectivity index (χ2v) is 8.56. The Bertz CT molecular complexity index is 715. The zero-order chi connectivity index (χ0) is 21.0. The highest BCUT2D eigenvalue weighted by atomic mass is 79.9. The molecule has 0 fully saturated rings. The number of aliphatic hydroxyl groups excluding tert-OH is 1. The quantitative estimate of drug-likeness (QED) is 0.689. The summed E-state index contributed by atoms with van der Waals surface area (Å²) in [4.78, 5) is 34.8. The Labute approximate surface area is 174 Å². The van der Waals surface area contributed by atoms with Gasteiger partial charge in [0.25, 0.3) is 5.91 Å². The monoisotopic (exact) mass is 456 g/mol. The number of hydrogen-bond donors (Lipinski definition) is 1. The summed E-state index contributed by atoms with van der Waals surface area (Å²) in [6.45, 7) is 4.74. The van der Waals surface area contributed by atoms with Gasteiger partial charge in [0.1, 0.15) is 11.7 Å². The third-order valence-corrected chi connectivity index (χ3v) is 5.25. The lowest BCUT2D eigenvalue weighted by Gasteiger charge is -2.37. The number of fused-ring (bicyclic) bond motifs is 1. The average molecular weight is 457 g/mol. The summed E-state index contributed by atoms with van der Waals surface area (Å²) in [5.74, 6) is -0.0595. The molecule has 2 amide bonds. The van der Waals surface area contributed by atoms with E-state index in [1.54, 1.807) is 36.0 Å². The minimum atomic E-state index is -0.343. The highest BCUT2D eigenvalue weighted by Gasteiger charge is 2.34. The molecule has 0 saturated heterocycles. The van der Waals surface area contributed by atoms with Crippen LogP contribution in [0.25, 0.3) is 0 Å². The van der Waals surface area contributed by atoms with Gasteiger partial charge in [-0.05, 0) is 43.0 Å². The Hall–Kier alpha value is -1.71. The van der Waals surface area contributed by atoms with E-state index in [-0.39, 0.29) is 42.4 Å². The largest absolute Gasteiger partial charge is 0.472 e. The zero-order valence-corrected chi connectivity index (χ0v) is 18.6. The number of nitrogens with zero attached hydrogens (tertiary/aromatic N) is 4. The van der Waals surface area contributed by atoms with Crippen molar-refractivity contribution in [2.45, 2.75) is 26.0 Å². The van der Waals surface area contributed by atoms with Crippen LogP contribution >= 0.6 is 15.9 Å². The topological polar surface area (TPSA) is 86.2 Å². The predicted molar refractivity (Wildman–Crippen MR) is 109 cm³/mol. The van der Waals surface area contributed by atoms with Crippen molar-refractivity contribution < 1.29 is 19.4 Å². The first-order valence-electron chi connectivity index (χ1n) is 9.26. The van der Waals surface area contributed by atoms with Crippen LogP contribution in [0.4, 0.5) is 0 Å². The molecule has 1 N–H and O–H groups in total. The van der Waals surface area contributed by atoms with Gasteiger partial charge in [0.05, 0.1) is 25.7 Å². The summed E-state index contributed by atoms with van der Waals surface area (Å²) in [6.07, 6.45) is 1.24. The molecule has 1 aromatic rings. The number of amides is 2. The maximum Gasteiger partial charge on any atom is 0.259 e. The standard InChI is InChI=1S/C19H29BrN4O4/c1-12-8-24(13(2)11-25)19(27)15-6-14(20)7-21-18(15)28-16(12)9-23(5)17(26)10-22(3)4/h6-7,12-13,16,25H,8-11H2,1-5H3/t12-,13+,16-/m1/s1. The highest BCUT2D eigenvalue weighted by Crippen LogP contribution is 2.28. The van der Waals surface area contributed by atoms with E-state index in [0.717, 1.165) is 0 Å². The van der Waals surface area contributed by atoms with Crippen molar-refractivity contribution in [2.75, 3.05) is 47.4 Å². The molecule has 9 heteroatoms. The normalized spacial score (nSPS) is 20.9. The summed E-state index contributed by atoms with van der Waals surface area (Å²) in [5.41, 5.74) is 0.342. The fourth-order valence-electron chi connectivity index (χ4n) is 3.06. The molecule has 2 rings (SSSR count). The van der Waals surface area contributed by atoms with Crippen LogP contribution in [0, 0.1) is 5.92 Å². The summed E-state index contributed by atoms with van der Waals surface area (Å²) in [5, 5.41) is 9.62. The molecule has 0 saturated carbocycles. The fourth-order valence-corrected chi connectivity index (χ4v) is 3.39. The third-order valence-electron chi connectivity index (χ3n) is 4.82. The minimum absolute atomic E-state index is 0.0106.